The normalized spacial score (nSPS) is 17.4. The second kappa shape index (κ2) is 5.21. The van der Waals surface area contributed by atoms with Gasteiger partial charge in [0.15, 0.2) is 17.3 Å². The van der Waals surface area contributed by atoms with Crippen molar-refractivity contribution in [3.63, 3.8) is 0 Å². The predicted octanol–water partition coefficient (Wildman–Crippen LogP) is 1.65. The van der Waals surface area contributed by atoms with Crippen LogP contribution in [0, 0.1) is 11.6 Å². The van der Waals surface area contributed by atoms with Crippen molar-refractivity contribution in [3.05, 3.63) is 29.3 Å². The smallest absolute Gasteiger partial charge is 0.407 e. The molecule has 1 atom stereocenters. The molecule has 0 aliphatic carbocycles. The van der Waals surface area contributed by atoms with E-state index in [1.807, 2.05) is 0 Å². The van der Waals surface area contributed by atoms with E-state index in [1.54, 1.807) is 6.92 Å². The van der Waals surface area contributed by atoms with Gasteiger partial charge in [-0.2, -0.15) is 0 Å². The van der Waals surface area contributed by atoms with Crippen LogP contribution in [0.5, 0.6) is 5.75 Å². The molecule has 0 saturated carbocycles. The van der Waals surface area contributed by atoms with Crippen molar-refractivity contribution in [2.45, 2.75) is 13.0 Å². The maximum atomic E-state index is 13.4. The molecule has 0 saturated heterocycles. The van der Waals surface area contributed by atoms with Crippen molar-refractivity contribution < 1.29 is 27.8 Å². The number of alkyl carbamates (subject to hydrolysis) is 1. The first-order valence-electron chi connectivity index (χ1n) is 5.62. The van der Waals surface area contributed by atoms with Gasteiger partial charge < -0.3 is 14.8 Å². The van der Waals surface area contributed by atoms with Gasteiger partial charge in [-0.05, 0) is 13.0 Å². The summed E-state index contributed by atoms with van der Waals surface area (Å²) in [4.78, 5) is 23.2. The summed E-state index contributed by atoms with van der Waals surface area (Å²) in [5.41, 5.74) is -0.231. The van der Waals surface area contributed by atoms with Gasteiger partial charge in [0.25, 0.3) is 0 Å². The maximum absolute atomic E-state index is 13.4. The summed E-state index contributed by atoms with van der Waals surface area (Å²) in [5, 5.41) is 2.27. The number of fused-ring (bicyclic) bond motifs is 1. The van der Waals surface area contributed by atoms with Crippen molar-refractivity contribution in [1.29, 1.82) is 0 Å². The zero-order valence-electron chi connectivity index (χ0n) is 10.0. The Morgan fingerprint density at radius 3 is 2.95 bits per heavy atom. The molecule has 1 aliphatic rings. The number of carbonyl (C=O) groups is 2. The summed E-state index contributed by atoms with van der Waals surface area (Å²) in [6.45, 7) is 1.53. The zero-order valence-corrected chi connectivity index (χ0v) is 10.0. The Labute approximate surface area is 107 Å². The number of halogens is 2. The molecular formula is C12H11F2NO4. The fraction of sp³-hybridized carbons (Fsp3) is 0.333. The van der Waals surface area contributed by atoms with E-state index in [4.69, 9.17) is 4.74 Å². The predicted molar refractivity (Wildman–Crippen MR) is 60.1 cm³/mol. The van der Waals surface area contributed by atoms with Crippen molar-refractivity contribution in [2.24, 2.45) is 0 Å². The van der Waals surface area contributed by atoms with Gasteiger partial charge in [-0.15, -0.1) is 0 Å². The number of Topliss-reactive ketones (excluding diaryl/α,β-unsaturated/α-hetero) is 1. The maximum Gasteiger partial charge on any atom is 0.407 e. The van der Waals surface area contributed by atoms with Gasteiger partial charge in [-0.1, -0.05) is 0 Å². The summed E-state index contributed by atoms with van der Waals surface area (Å²) < 4.78 is 36.1. The molecule has 0 radical (unpaired) electrons. The molecule has 1 aliphatic heterocycles. The van der Waals surface area contributed by atoms with Crippen molar-refractivity contribution >= 4 is 11.9 Å². The van der Waals surface area contributed by atoms with Gasteiger partial charge in [0.2, 0.25) is 0 Å². The molecule has 0 unspecified atom stereocenters. The van der Waals surface area contributed by atoms with E-state index in [1.165, 1.54) is 0 Å². The SMILES string of the molecule is CCOC(=O)N[C@H]1COc2c(F)cc(F)cc2C1=O. The standard InChI is InChI=1S/C12H11F2NO4/c1-2-18-12(17)15-9-5-19-11-7(10(9)16)3-6(13)4-8(11)14/h3-4,9H,2,5H2,1H3,(H,15,17)/t9-/m0/s1. The molecule has 1 amide bonds. The van der Waals surface area contributed by atoms with E-state index in [2.05, 4.69) is 10.1 Å². The van der Waals surface area contributed by atoms with Crippen LogP contribution in [0.3, 0.4) is 0 Å². The Bertz CT molecular complexity index is 533. The van der Waals surface area contributed by atoms with Gasteiger partial charge in [0.05, 0.1) is 12.2 Å². The largest absolute Gasteiger partial charge is 0.487 e. The Balaban J connectivity index is 2.22. The van der Waals surface area contributed by atoms with Gasteiger partial charge in [-0.25, -0.2) is 13.6 Å². The van der Waals surface area contributed by atoms with Crippen LogP contribution >= 0.6 is 0 Å². The fourth-order valence-electron chi connectivity index (χ4n) is 1.74. The highest BCUT2D eigenvalue weighted by molar-refractivity contribution is 6.04. The molecule has 1 heterocycles. The molecule has 19 heavy (non-hydrogen) atoms. The molecule has 2 rings (SSSR count). The van der Waals surface area contributed by atoms with E-state index >= 15 is 0 Å². The molecular weight excluding hydrogens is 260 g/mol. The Kier molecular flexibility index (Phi) is 3.64. The molecule has 7 heteroatoms. The molecule has 102 valence electrons. The van der Waals surface area contributed by atoms with Crippen LogP contribution in [0.25, 0.3) is 0 Å². The number of ketones is 1. The Morgan fingerprint density at radius 1 is 1.53 bits per heavy atom. The van der Waals surface area contributed by atoms with E-state index in [-0.39, 0.29) is 24.5 Å². The van der Waals surface area contributed by atoms with Gasteiger partial charge >= 0.3 is 6.09 Å². The third-order valence-electron chi connectivity index (χ3n) is 2.55. The molecule has 0 aromatic heterocycles. The summed E-state index contributed by atoms with van der Waals surface area (Å²) in [6.07, 6.45) is -0.787. The zero-order chi connectivity index (χ0) is 14.0. The van der Waals surface area contributed by atoms with Crippen LogP contribution in [-0.2, 0) is 4.74 Å². The lowest BCUT2D eigenvalue weighted by atomic mass is 10.0. The summed E-state index contributed by atoms with van der Waals surface area (Å²) >= 11 is 0. The van der Waals surface area contributed by atoms with E-state index in [9.17, 15) is 18.4 Å². The third-order valence-corrected chi connectivity index (χ3v) is 2.55. The minimum Gasteiger partial charge on any atom is -0.487 e. The summed E-state index contributed by atoms with van der Waals surface area (Å²) in [7, 11) is 0. The van der Waals surface area contributed by atoms with E-state index in [0.29, 0.717) is 6.07 Å². The van der Waals surface area contributed by atoms with Crippen molar-refractivity contribution in [3.8, 4) is 5.75 Å². The lowest BCUT2D eigenvalue weighted by Gasteiger charge is -2.24. The fourth-order valence-corrected chi connectivity index (χ4v) is 1.74. The minimum absolute atomic E-state index is 0.146. The topological polar surface area (TPSA) is 64.6 Å². The first-order chi connectivity index (χ1) is 9.02. The number of amides is 1. The first-order valence-corrected chi connectivity index (χ1v) is 5.62. The van der Waals surface area contributed by atoms with Crippen LogP contribution in [0.15, 0.2) is 12.1 Å². The number of carbonyl (C=O) groups excluding carboxylic acids is 2. The number of ether oxygens (including phenoxy) is 2. The molecule has 0 spiro atoms. The highest BCUT2D eigenvalue weighted by Gasteiger charge is 2.32. The van der Waals surface area contributed by atoms with Gasteiger partial charge in [-0.3, -0.25) is 4.79 Å². The quantitative estimate of drug-likeness (QED) is 0.888. The van der Waals surface area contributed by atoms with Gasteiger partial charge in [0, 0.05) is 6.07 Å². The number of nitrogens with one attached hydrogen (secondary N) is 1. The summed E-state index contributed by atoms with van der Waals surface area (Å²) in [5.74, 6) is -2.75. The molecule has 5 nitrogen and oxygen atoms in total. The average molecular weight is 271 g/mol. The van der Waals surface area contributed by atoms with Crippen LogP contribution in [0.1, 0.15) is 17.3 Å². The second-order valence-corrected chi connectivity index (χ2v) is 3.86. The molecule has 1 aromatic carbocycles. The average Bonchev–Trinajstić information content (AvgIpc) is 2.33. The van der Waals surface area contributed by atoms with E-state index in [0.717, 1.165) is 6.07 Å². The second-order valence-electron chi connectivity index (χ2n) is 3.86. The lowest BCUT2D eigenvalue weighted by Crippen LogP contribution is -2.47. The highest BCUT2D eigenvalue weighted by Crippen LogP contribution is 2.29. The number of rotatable bonds is 2. The third kappa shape index (κ3) is 2.64. The summed E-state index contributed by atoms with van der Waals surface area (Å²) in [6, 6.07) is 0.484. The van der Waals surface area contributed by atoms with E-state index < -0.39 is 29.6 Å². The Hall–Kier alpha value is -2.18. The van der Waals surface area contributed by atoms with Crippen molar-refractivity contribution in [1.82, 2.24) is 5.32 Å². The van der Waals surface area contributed by atoms with Crippen molar-refractivity contribution in [2.75, 3.05) is 13.2 Å². The van der Waals surface area contributed by atoms with Crippen LogP contribution < -0.4 is 10.1 Å². The number of hydrogen-bond acceptors (Lipinski definition) is 4. The lowest BCUT2D eigenvalue weighted by molar-refractivity contribution is 0.0840. The first kappa shape index (κ1) is 13.3. The van der Waals surface area contributed by atoms with Crippen LogP contribution in [0.2, 0.25) is 0 Å². The molecule has 0 fully saturated rings. The molecule has 1 N–H and O–H groups in total. The van der Waals surface area contributed by atoms with Gasteiger partial charge in [0.1, 0.15) is 18.5 Å². The highest BCUT2D eigenvalue weighted by atomic mass is 19.1. The molecule has 1 aromatic rings. The van der Waals surface area contributed by atoms with Crippen LogP contribution in [0.4, 0.5) is 13.6 Å². The van der Waals surface area contributed by atoms with Crippen LogP contribution in [-0.4, -0.2) is 31.1 Å². The monoisotopic (exact) mass is 271 g/mol. The molecule has 0 bridgehead atoms. The Morgan fingerprint density at radius 2 is 2.26 bits per heavy atom. The minimum atomic E-state index is -1.02. The number of hydrogen-bond donors (Lipinski definition) is 1. The number of benzene rings is 1.